The largest absolute Gasteiger partial charge is 0.469 e. The van der Waals surface area contributed by atoms with Gasteiger partial charge in [-0.05, 0) is 55.3 Å². The van der Waals surface area contributed by atoms with Crippen LogP contribution in [0.15, 0.2) is 0 Å². The zero-order valence-corrected chi connectivity index (χ0v) is 10.9. The van der Waals surface area contributed by atoms with Gasteiger partial charge >= 0.3 is 5.97 Å². The average molecular weight is 236 g/mol. The van der Waals surface area contributed by atoms with Gasteiger partial charge in [0.1, 0.15) is 0 Å². The lowest BCUT2D eigenvalue weighted by Gasteiger charge is -2.38. The van der Waals surface area contributed by atoms with E-state index in [1.54, 1.807) is 0 Å². The Morgan fingerprint density at radius 1 is 1.24 bits per heavy atom. The standard InChI is InChI=1S/C15H24O2/c1-17-14(16)5-6-15-8-11-3-2-4-12(9-15)13(7-11)10-15/h11-13H,2-10H2,1H3. The SMILES string of the molecule is COC(=O)CCC12CC3CCCC(C1)C(C3)C2. The van der Waals surface area contributed by atoms with E-state index in [2.05, 4.69) is 0 Å². The fourth-order valence-corrected chi connectivity index (χ4v) is 5.10. The summed E-state index contributed by atoms with van der Waals surface area (Å²) >= 11 is 0. The maximum Gasteiger partial charge on any atom is 0.305 e. The van der Waals surface area contributed by atoms with Gasteiger partial charge in [-0.2, -0.15) is 0 Å². The predicted molar refractivity (Wildman–Crippen MR) is 66.5 cm³/mol. The van der Waals surface area contributed by atoms with Crippen molar-refractivity contribution in [3.63, 3.8) is 0 Å². The van der Waals surface area contributed by atoms with Gasteiger partial charge in [0.25, 0.3) is 0 Å². The Morgan fingerprint density at radius 3 is 2.88 bits per heavy atom. The van der Waals surface area contributed by atoms with E-state index in [-0.39, 0.29) is 5.97 Å². The van der Waals surface area contributed by atoms with Gasteiger partial charge in [-0.25, -0.2) is 0 Å². The maximum absolute atomic E-state index is 11.4. The first-order valence-corrected chi connectivity index (χ1v) is 7.28. The van der Waals surface area contributed by atoms with Crippen LogP contribution < -0.4 is 0 Å². The molecule has 4 atom stereocenters. The minimum atomic E-state index is -0.0152. The van der Waals surface area contributed by atoms with Crippen molar-refractivity contribution in [3.8, 4) is 0 Å². The Labute approximate surface area is 104 Å². The molecule has 2 heteroatoms. The second kappa shape index (κ2) is 4.29. The van der Waals surface area contributed by atoms with E-state index in [1.165, 1.54) is 52.1 Å². The molecule has 3 aliphatic rings. The first kappa shape index (κ1) is 11.6. The monoisotopic (exact) mass is 236 g/mol. The molecule has 0 aromatic carbocycles. The zero-order valence-electron chi connectivity index (χ0n) is 10.9. The minimum Gasteiger partial charge on any atom is -0.469 e. The normalized spacial score (nSPS) is 43.5. The molecule has 4 unspecified atom stereocenters. The minimum absolute atomic E-state index is 0.0152. The number of ether oxygens (including phenoxy) is 1. The summed E-state index contributed by atoms with van der Waals surface area (Å²) in [5, 5.41) is 0. The van der Waals surface area contributed by atoms with Gasteiger partial charge in [0.2, 0.25) is 0 Å². The molecule has 0 aromatic heterocycles. The molecule has 0 radical (unpaired) electrons. The van der Waals surface area contributed by atoms with E-state index in [1.807, 2.05) is 0 Å². The number of carbonyl (C=O) groups excluding carboxylic acids is 1. The molecule has 0 spiro atoms. The van der Waals surface area contributed by atoms with Crippen molar-refractivity contribution in [3.05, 3.63) is 0 Å². The molecule has 3 aliphatic carbocycles. The van der Waals surface area contributed by atoms with E-state index in [9.17, 15) is 4.79 Å². The molecule has 0 heterocycles. The molecule has 0 amide bonds. The highest BCUT2D eigenvalue weighted by Crippen LogP contribution is 2.61. The Bertz CT molecular complexity index is 308. The molecule has 0 aliphatic heterocycles. The molecule has 3 bridgehead atoms. The van der Waals surface area contributed by atoms with Crippen molar-refractivity contribution in [2.24, 2.45) is 23.2 Å². The van der Waals surface area contributed by atoms with Crippen LogP contribution in [0.1, 0.15) is 57.8 Å². The van der Waals surface area contributed by atoms with Crippen molar-refractivity contribution in [1.29, 1.82) is 0 Å². The summed E-state index contributed by atoms with van der Waals surface area (Å²) in [6, 6.07) is 0. The third kappa shape index (κ3) is 2.11. The summed E-state index contributed by atoms with van der Waals surface area (Å²) in [7, 11) is 1.51. The number of esters is 1. The molecule has 17 heavy (non-hydrogen) atoms. The maximum atomic E-state index is 11.4. The highest BCUT2D eigenvalue weighted by molar-refractivity contribution is 5.69. The quantitative estimate of drug-likeness (QED) is 0.700. The fourth-order valence-electron chi connectivity index (χ4n) is 5.10. The third-order valence-corrected chi connectivity index (χ3v) is 5.69. The summed E-state index contributed by atoms with van der Waals surface area (Å²) in [4.78, 5) is 11.4. The van der Waals surface area contributed by atoms with Gasteiger partial charge < -0.3 is 4.74 Å². The molecule has 3 saturated carbocycles. The molecular formula is C15H24O2. The van der Waals surface area contributed by atoms with Gasteiger partial charge in [0, 0.05) is 6.42 Å². The van der Waals surface area contributed by atoms with Crippen LogP contribution in [-0.4, -0.2) is 13.1 Å². The molecule has 0 aromatic rings. The summed E-state index contributed by atoms with van der Waals surface area (Å²) in [5.41, 5.74) is 0.521. The van der Waals surface area contributed by atoms with E-state index in [0.29, 0.717) is 11.8 Å². The molecular weight excluding hydrogens is 212 g/mol. The van der Waals surface area contributed by atoms with E-state index in [0.717, 1.165) is 24.2 Å². The number of hydrogen-bond donors (Lipinski definition) is 0. The second-order valence-corrected chi connectivity index (χ2v) is 6.74. The van der Waals surface area contributed by atoms with Crippen molar-refractivity contribution in [1.82, 2.24) is 0 Å². The van der Waals surface area contributed by atoms with Crippen LogP contribution in [0.5, 0.6) is 0 Å². The van der Waals surface area contributed by atoms with Crippen molar-refractivity contribution in [2.75, 3.05) is 7.11 Å². The van der Waals surface area contributed by atoms with Gasteiger partial charge in [-0.15, -0.1) is 0 Å². The summed E-state index contributed by atoms with van der Waals surface area (Å²) in [6.07, 6.45) is 11.8. The van der Waals surface area contributed by atoms with Crippen LogP contribution in [-0.2, 0) is 9.53 Å². The Morgan fingerprint density at radius 2 is 2.06 bits per heavy atom. The highest BCUT2D eigenvalue weighted by atomic mass is 16.5. The number of carbonyl (C=O) groups is 1. The predicted octanol–water partition coefficient (Wildman–Crippen LogP) is 3.55. The zero-order chi connectivity index (χ0) is 11.9. The van der Waals surface area contributed by atoms with Crippen LogP contribution in [0.3, 0.4) is 0 Å². The number of rotatable bonds is 3. The molecule has 2 nitrogen and oxygen atoms in total. The molecule has 0 N–H and O–H groups in total. The second-order valence-electron chi connectivity index (χ2n) is 6.74. The molecule has 0 saturated heterocycles. The van der Waals surface area contributed by atoms with Crippen LogP contribution in [0.2, 0.25) is 0 Å². The van der Waals surface area contributed by atoms with Crippen LogP contribution in [0, 0.1) is 23.2 Å². The molecule has 96 valence electrons. The highest BCUT2D eigenvalue weighted by Gasteiger charge is 2.50. The van der Waals surface area contributed by atoms with Gasteiger partial charge in [-0.1, -0.05) is 19.3 Å². The van der Waals surface area contributed by atoms with Crippen molar-refractivity contribution >= 4 is 5.97 Å². The summed E-state index contributed by atoms with van der Waals surface area (Å²) in [6.45, 7) is 0. The fraction of sp³-hybridized carbons (Fsp3) is 0.933. The number of hydrogen-bond acceptors (Lipinski definition) is 2. The van der Waals surface area contributed by atoms with Gasteiger partial charge in [0.15, 0.2) is 0 Å². The third-order valence-electron chi connectivity index (χ3n) is 5.69. The van der Waals surface area contributed by atoms with Crippen LogP contribution in [0.4, 0.5) is 0 Å². The summed E-state index contributed by atoms with van der Waals surface area (Å²) < 4.78 is 4.80. The first-order valence-electron chi connectivity index (χ1n) is 7.28. The van der Waals surface area contributed by atoms with Crippen molar-refractivity contribution in [2.45, 2.75) is 57.8 Å². The van der Waals surface area contributed by atoms with Gasteiger partial charge in [0.05, 0.1) is 7.11 Å². The van der Waals surface area contributed by atoms with E-state index >= 15 is 0 Å². The Hall–Kier alpha value is -0.530. The smallest absolute Gasteiger partial charge is 0.305 e. The van der Waals surface area contributed by atoms with E-state index in [4.69, 9.17) is 4.74 Å². The lowest BCUT2D eigenvalue weighted by Crippen LogP contribution is -2.27. The van der Waals surface area contributed by atoms with E-state index < -0.39 is 0 Å². The average Bonchev–Trinajstić information content (AvgIpc) is 2.48. The van der Waals surface area contributed by atoms with Gasteiger partial charge in [-0.3, -0.25) is 4.79 Å². The number of fused-ring (bicyclic) bond motifs is 2. The Balaban J connectivity index is 1.69. The first-order chi connectivity index (χ1) is 8.21. The molecule has 3 rings (SSSR count). The lowest BCUT2D eigenvalue weighted by molar-refractivity contribution is -0.141. The topological polar surface area (TPSA) is 26.3 Å². The Kier molecular flexibility index (Phi) is 2.92. The lowest BCUT2D eigenvalue weighted by atomic mass is 9.67. The van der Waals surface area contributed by atoms with Crippen LogP contribution >= 0.6 is 0 Å². The van der Waals surface area contributed by atoms with Crippen molar-refractivity contribution < 1.29 is 9.53 Å². The van der Waals surface area contributed by atoms with Crippen LogP contribution in [0.25, 0.3) is 0 Å². The molecule has 3 fully saturated rings. The number of methoxy groups -OCH3 is 1. The summed E-state index contributed by atoms with van der Waals surface area (Å²) in [5.74, 6) is 2.94.